The molecule has 0 unspecified atom stereocenters. The second-order valence-corrected chi connectivity index (χ2v) is 17.2. The number of anilines is 3. The van der Waals surface area contributed by atoms with Gasteiger partial charge in [-0.05, 0) is 87.5 Å². The van der Waals surface area contributed by atoms with Gasteiger partial charge in [-0.2, -0.15) is 0 Å². The van der Waals surface area contributed by atoms with Gasteiger partial charge in [0.1, 0.15) is 11.2 Å². The average Bonchev–Trinajstić information content (AvgIpc) is 3.87. The van der Waals surface area contributed by atoms with Crippen molar-refractivity contribution >= 4 is 39.0 Å². The Kier molecular flexibility index (Phi) is 9.09. The predicted octanol–water partition coefficient (Wildman–Crippen LogP) is 15.9. The van der Waals surface area contributed by atoms with Gasteiger partial charge in [0.05, 0.1) is 5.69 Å². The SMILES string of the molecule is CC1(C)c2ccccc2-c2c(N(c3ccc(-c4ccccc4)cc3)c3ccc(-c4ccc5oc6cccc(-c7nc(-c8ccccc8)nc(-c8ccccc8)n7)c6c5c4)cc3)cccc21. The van der Waals surface area contributed by atoms with E-state index >= 15 is 0 Å². The minimum absolute atomic E-state index is 0.123. The van der Waals surface area contributed by atoms with Gasteiger partial charge in [0.2, 0.25) is 0 Å². The number of benzene rings is 9. The molecule has 9 aromatic carbocycles. The van der Waals surface area contributed by atoms with E-state index in [0.717, 1.165) is 66.8 Å². The molecule has 308 valence electrons. The van der Waals surface area contributed by atoms with Crippen LogP contribution in [0.4, 0.5) is 17.1 Å². The molecule has 5 heteroatoms. The Labute approximate surface area is 378 Å². The molecule has 0 amide bonds. The van der Waals surface area contributed by atoms with E-state index in [1.165, 1.54) is 33.4 Å². The van der Waals surface area contributed by atoms with Crippen molar-refractivity contribution in [1.82, 2.24) is 15.0 Å². The molecular formula is C60H42N4O. The molecule has 0 atom stereocenters. The van der Waals surface area contributed by atoms with E-state index in [-0.39, 0.29) is 5.41 Å². The lowest BCUT2D eigenvalue weighted by atomic mass is 9.82. The molecule has 0 saturated heterocycles. The first-order valence-corrected chi connectivity index (χ1v) is 22.1. The van der Waals surface area contributed by atoms with Crippen molar-refractivity contribution in [3.05, 3.63) is 230 Å². The summed E-state index contributed by atoms with van der Waals surface area (Å²) in [5.74, 6) is 1.83. The Balaban J connectivity index is 0.971. The van der Waals surface area contributed by atoms with Crippen LogP contribution in [0.5, 0.6) is 0 Å². The van der Waals surface area contributed by atoms with Crippen LogP contribution in [-0.4, -0.2) is 15.0 Å². The second-order valence-electron chi connectivity index (χ2n) is 17.2. The topological polar surface area (TPSA) is 55.1 Å². The van der Waals surface area contributed by atoms with Crippen molar-refractivity contribution in [3.8, 4) is 67.5 Å². The predicted molar refractivity (Wildman–Crippen MR) is 267 cm³/mol. The van der Waals surface area contributed by atoms with Crippen LogP contribution in [0.3, 0.4) is 0 Å². The van der Waals surface area contributed by atoms with Crippen molar-refractivity contribution in [3.63, 3.8) is 0 Å². The normalized spacial score (nSPS) is 12.6. The third-order valence-electron chi connectivity index (χ3n) is 13.0. The van der Waals surface area contributed by atoms with Crippen molar-refractivity contribution in [2.24, 2.45) is 0 Å². The molecule has 1 aliphatic carbocycles. The van der Waals surface area contributed by atoms with Gasteiger partial charge in [-0.15, -0.1) is 0 Å². The Morgan fingerprint density at radius 2 is 0.877 bits per heavy atom. The Bertz CT molecular complexity index is 3490. The molecular weight excluding hydrogens is 793 g/mol. The Hall–Kier alpha value is -8.41. The zero-order chi connectivity index (χ0) is 43.5. The third kappa shape index (κ3) is 6.59. The molecule has 12 rings (SSSR count). The maximum Gasteiger partial charge on any atom is 0.164 e. The molecule has 11 aromatic rings. The third-order valence-corrected chi connectivity index (χ3v) is 13.0. The van der Waals surface area contributed by atoms with Gasteiger partial charge in [-0.25, -0.2) is 15.0 Å². The lowest BCUT2D eigenvalue weighted by Crippen LogP contribution is -2.16. The second kappa shape index (κ2) is 15.4. The van der Waals surface area contributed by atoms with E-state index in [4.69, 9.17) is 19.4 Å². The van der Waals surface area contributed by atoms with E-state index in [1.807, 2.05) is 72.8 Å². The highest BCUT2D eigenvalue weighted by molar-refractivity contribution is 6.13. The van der Waals surface area contributed by atoms with Crippen LogP contribution < -0.4 is 4.90 Å². The molecule has 0 N–H and O–H groups in total. The fourth-order valence-corrected chi connectivity index (χ4v) is 9.71. The maximum atomic E-state index is 6.52. The summed E-state index contributed by atoms with van der Waals surface area (Å²) < 4.78 is 6.52. The van der Waals surface area contributed by atoms with Gasteiger partial charge in [0.15, 0.2) is 17.5 Å². The fourth-order valence-electron chi connectivity index (χ4n) is 9.71. The zero-order valence-corrected chi connectivity index (χ0v) is 36.0. The molecule has 65 heavy (non-hydrogen) atoms. The molecule has 0 bridgehead atoms. The van der Waals surface area contributed by atoms with E-state index in [2.05, 4.69) is 164 Å². The van der Waals surface area contributed by atoms with E-state index < -0.39 is 0 Å². The van der Waals surface area contributed by atoms with Crippen LogP contribution in [0.15, 0.2) is 223 Å². The standard InChI is InChI=1S/C60H42N4O/c1-60(2)50-24-13-12-22-47(50)56-51(60)25-15-26-52(56)64(45-33-28-40(29-34-45)39-16-6-3-7-17-39)46-35-30-41(31-36-46)44-32-37-53-49(38-44)55-48(23-14-27-54(55)65-53)59-62-57(42-18-8-4-9-19-42)61-58(63-59)43-20-10-5-11-21-43/h3-38H,1-2H3. The first kappa shape index (κ1) is 38.3. The molecule has 2 heterocycles. The van der Waals surface area contributed by atoms with E-state index in [1.54, 1.807) is 0 Å². The summed E-state index contributed by atoms with van der Waals surface area (Å²) in [6.07, 6.45) is 0. The number of fused-ring (bicyclic) bond motifs is 6. The first-order valence-electron chi connectivity index (χ1n) is 22.1. The van der Waals surface area contributed by atoms with Gasteiger partial charge in [-0.1, -0.05) is 184 Å². The first-order chi connectivity index (χ1) is 32.0. The van der Waals surface area contributed by atoms with Crippen molar-refractivity contribution in [2.45, 2.75) is 19.3 Å². The van der Waals surface area contributed by atoms with Crippen molar-refractivity contribution < 1.29 is 4.42 Å². The molecule has 5 nitrogen and oxygen atoms in total. The van der Waals surface area contributed by atoms with Gasteiger partial charge in [-0.3, -0.25) is 0 Å². The molecule has 0 aliphatic heterocycles. The number of nitrogens with zero attached hydrogens (tertiary/aromatic N) is 4. The molecule has 0 spiro atoms. The van der Waals surface area contributed by atoms with Crippen molar-refractivity contribution in [2.75, 3.05) is 4.90 Å². The van der Waals surface area contributed by atoms with Crippen LogP contribution in [0.25, 0.3) is 89.5 Å². The Morgan fingerprint density at radius 1 is 0.385 bits per heavy atom. The highest BCUT2D eigenvalue weighted by Crippen LogP contribution is 2.54. The molecule has 0 fully saturated rings. The van der Waals surface area contributed by atoms with Crippen LogP contribution >= 0.6 is 0 Å². The highest BCUT2D eigenvalue weighted by Gasteiger charge is 2.37. The smallest absolute Gasteiger partial charge is 0.164 e. The van der Waals surface area contributed by atoms with Gasteiger partial charge in [0.25, 0.3) is 0 Å². The van der Waals surface area contributed by atoms with Gasteiger partial charge >= 0.3 is 0 Å². The maximum absolute atomic E-state index is 6.52. The molecule has 0 radical (unpaired) electrons. The fraction of sp³-hybridized carbons (Fsp3) is 0.0500. The number of rotatable bonds is 8. The minimum atomic E-state index is -0.123. The minimum Gasteiger partial charge on any atom is -0.456 e. The molecule has 2 aromatic heterocycles. The lowest BCUT2D eigenvalue weighted by Gasteiger charge is -2.29. The largest absolute Gasteiger partial charge is 0.456 e. The number of hydrogen-bond acceptors (Lipinski definition) is 5. The van der Waals surface area contributed by atoms with Crippen LogP contribution in [0, 0.1) is 0 Å². The highest BCUT2D eigenvalue weighted by atomic mass is 16.3. The van der Waals surface area contributed by atoms with Crippen LogP contribution in [0.2, 0.25) is 0 Å². The average molecular weight is 835 g/mol. The summed E-state index contributed by atoms with van der Waals surface area (Å²) in [6, 6.07) is 76.9. The lowest BCUT2D eigenvalue weighted by molar-refractivity contribution is 0.660. The summed E-state index contributed by atoms with van der Waals surface area (Å²) in [4.78, 5) is 17.5. The summed E-state index contributed by atoms with van der Waals surface area (Å²) >= 11 is 0. The van der Waals surface area contributed by atoms with Crippen molar-refractivity contribution in [1.29, 1.82) is 0 Å². The molecule has 0 saturated carbocycles. The summed E-state index contributed by atoms with van der Waals surface area (Å²) in [5.41, 5.74) is 17.4. The number of furan rings is 1. The Morgan fingerprint density at radius 3 is 1.52 bits per heavy atom. The van der Waals surface area contributed by atoms with E-state index in [9.17, 15) is 0 Å². The zero-order valence-electron chi connectivity index (χ0n) is 36.0. The number of hydrogen-bond donors (Lipinski definition) is 0. The summed E-state index contributed by atoms with van der Waals surface area (Å²) in [7, 11) is 0. The molecule has 1 aliphatic rings. The summed E-state index contributed by atoms with van der Waals surface area (Å²) in [6.45, 7) is 4.68. The monoisotopic (exact) mass is 834 g/mol. The number of aromatic nitrogens is 3. The summed E-state index contributed by atoms with van der Waals surface area (Å²) in [5, 5.41) is 1.97. The van der Waals surface area contributed by atoms with Crippen LogP contribution in [-0.2, 0) is 5.41 Å². The van der Waals surface area contributed by atoms with Gasteiger partial charge < -0.3 is 9.32 Å². The van der Waals surface area contributed by atoms with Crippen LogP contribution in [0.1, 0.15) is 25.0 Å². The van der Waals surface area contributed by atoms with Gasteiger partial charge in [0, 0.05) is 49.8 Å². The van der Waals surface area contributed by atoms with E-state index in [0.29, 0.717) is 17.5 Å². The quantitative estimate of drug-likeness (QED) is 0.153.